The third kappa shape index (κ3) is 38.4. The second-order valence-corrected chi connectivity index (χ2v) is 23.0. The van der Waals surface area contributed by atoms with Crippen LogP contribution in [-0.2, 0) is 35.1 Å². The third-order valence-electron chi connectivity index (χ3n) is 8.69. The molecule has 1 saturated carbocycles. The van der Waals surface area contributed by atoms with Crippen LogP contribution in [0.2, 0.25) is 0 Å². The number of hydrogen-bond donors (Lipinski definition) is 0. The lowest BCUT2D eigenvalue weighted by molar-refractivity contribution is 0.0915. The number of halogens is 5. The van der Waals surface area contributed by atoms with Crippen LogP contribution in [0.1, 0.15) is 88.1 Å². The van der Waals surface area contributed by atoms with Crippen LogP contribution in [0, 0.1) is 52.3 Å². The van der Waals surface area contributed by atoms with E-state index >= 15 is 0 Å². The molecule has 0 spiro atoms. The predicted molar refractivity (Wildman–Crippen MR) is 312 cm³/mol. The van der Waals surface area contributed by atoms with E-state index < -0.39 is 3.81 Å². The molecule has 0 heterocycles. The molecule has 0 saturated heterocycles. The fourth-order valence-corrected chi connectivity index (χ4v) is 6.47. The van der Waals surface area contributed by atoms with E-state index in [1.54, 1.807) is 74.2 Å². The largest absolute Gasteiger partial charge is 0.428 e. The molecule has 22 heteroatoms. The van der Waals surface area contributed by atoms with E-state index in [-0.39, 0.29) is 40.8 Å². The fourth-order valence-electron chi connectivity index (χ4n) is 6.47. The summed E-state index contributed by atoms with van der Waals surface area (Å²) in [6.07, 6.45) is 19.7. The quantitative estimate of drug-likeness (QED) is 0.0248. The van der Waals surface area contributed by atoms with E-state index in [1.165, 1.54) is 24.3 Å². The zero-order chi connectivity index (χ0) is 55.5. The maximum Gasteiger partial charge on any atom is 0.292 e. The van der Waals surface area contributed by atoms with Crippen molar-refractivity contribution in [1.82, 2.24) is 0 Å². The second kappa shape index (κ2) is 48.5. The summed E-state index contributed by atoms with van der Waals surface area (Å²) < 4.78 is 42.4. The number of isocyanates is 5. The zero-order valence-corrected chi connectivity index (χ0v) is 49.7. The molecule has 16 nitrogen and oxygen atoms in total. The molecule has 3 aromatic rings. The van der Waals surface area contributed by atoms with E-state index in [1.807, 2.05) is 69.4 Å². The van der Waals surface area contributed by atoms with Crippen LogP contribution in [0.5, 0.6) is 11.5 Å². The number of carbonyl (C=O) groups excluding carboxylic acids is 5. The summed E-state index contributed by atoms with van der Waals surface area (Å²) in [5.74, 6) is 0.931. The van der Waals surface area contributed by atoms with Crippen molar-refractivity contribution in [1.29, 1.82) is 17.1 Å². The van der Waals surface area contributed by atoms with Crippen LogP contribution < -0.4 is 9.47 Å². The normalized spacial score (nSPS) is 14.4. The van der Waals surface area contributed by atoms with Crippen molar-refractivity contribution >= 4 is 159 Å². The maximum atomic E-state index is 10.3. The van der Waals surface area contributed by atoms with Crippen molar-refractivity contribution in [2.24, 2.45) is 35.8 Å². The van der Waals surface area contributed by atoms with Gasteiger partial charge in [-0.1, -0.05) is 103 Å². The van der Waals surface area contributed by atoms with Gasteiger partial charge in [-0.25, -0.2) is 38.9 Å². The molecule has 1 fully saturated rings. The molecule has 0 amide bonds. The molecule has 368 valence electrons. The lowest BCUT2D eigenvalue weighted by atomic mass is 9.63. The highest BCUT2D eigenvalue weighted by molar-refractivity contribution is 14.3. The molecule has 1 aliphatic rings. The average Bonchev–Trinajstić information content (AvgIpc) is 3.33. The summed E-state index contributed by atoms with van der Waals surface area (Å²) in [6, 6.07) is 19.6. The van der Waals surface area contributed by atoms with Gasteiger partial charge >= 0.3 is 0 Å². The summed E-state index contributed by atoms with van der Waals surface area (Å²) in [7, 11) is 0. The first-order valence-electron chi connectivity index (χ1n) is 22.4. The Kier molecular flexibility index (Phi) is 44.6. The molecule has 0 radical (unpaired) electrons. The molecule has 2 unspecified atom stereocenters. The number of ether oxygens (including phenoxy) is 3. The van der Waals surface area contributed by atoms with Gasteiger partial charge in [-0.05, 0) is 164 Å². The smallest absolute Gasteiger partial charge is 0.292 e. The Bertz CT molecular complexity index is 2300. The van der Waals surface area contributed by atoms with Gasteiger partial charge in [-0.15, -0.1) is 34.5 Å². The Morgan fingerprint density at radius 3 is 1.82 bits per heavy atom. The Labute approximate surface area is 479 Å². The standard InChI is InChI=1S/C15H10N2O2.C12H18N2O2.C9H6N2O2.C8H12N2O2.2CH3I.HI2P.HI.H2/c16-10-19-15-7-3-13(4-8-15)9-12-1-5-14(6-2-12)17-11-18;1-11(2)4-10(14-9-16)5-12(3,6-11)7-13-8-15;1-7-2-3-8(11-6-12)4-9(7)13-5-10;9-7-12-6-4-2-1-3-5-10-8-11;2*1-2;1-3-2;;/h1-8H,9H2;10H,4-7H2,1-3H3;2-4H,1H3;1-6H2;2*1H3;3H;2*1H/i;;;;2*1D;3D;;1+2D. The monoisotopic (exact) mass is 1520 g/mol. The van der Waals surface area contributed by atoms with Crippen molar-refractivity contribution < 1.29 is 43.9 Å². The highest BCUT2D eigenvalue weighted by atomic mass is 127. The Balaban J connectivity index is -0.000000264. The molecule has 3 aromatic carbocycles. The first kappa shape index (κ1) is 62.5. The highest BCUT2D eigenvalue weighted by Gasteiger charge is 2.41. The van der Waals surface area contributed by atoms with Gasteiger partial charge in [-0.2, -0.15) is 15.2 Å². The summed E-state index contributed by atoms with van der Waals surface area (Å²) in [5.41, 5.74) is 4.10. The molecule has 0 bridgehead atoms. The Morgan fingerprint density at radius 1 is 0.779 bits per heavy atom. The van der Waals surface area contributed by atoms with Gasteiger partial charge in [0.25, 0.3) is 18.8 Å². The van der Waals surface area contributed by atoms with Gasteiger partial charge in [0, 0.05) is 15.6 Å². The molecular weight excluding hydrogens is 1460 g/mol. The first-order chi connectivity index (χ1) is 34.5. The van der Waals surface area contributed by atoms with Crippen molar-refractivity contribution in [2.75, 3.05) is 29.5 Å². The molecule has 68 heavy (non-hydrogen) atoms. The van der Waals surface area contributed by atoms with Crippen LogP contribution in [0.3, 0.4) is 0 Å². The fraction of sp³-hybridized carbons (Fsp3) is 0.435. The van der Waals surface area contributed by atoms with Crippen molar-refractivity contribution in [3.63, 3.8) is 0 Å². The summed E-state index contributed by atoms with van der Waals surface area (Å²) in [5, 5.41) is 24.7. The van der Waals surface area contributed by atoms with E-state index in [2.05, 4.69) is 99.3 Å². The molecule has 0 aliphatic heterocycles. The molecule has 0 aromatic heterocycles. The molecular formula is C46H56I5N8O8P. The van der Waals surface area contributed by atoms with Gasteiger partial charge in [-0.3, -0.25) is 0 Å². The van der Waals surface area contributed by atoms with E-state index in [0.29, 0.717) is 52.4 Å². The maximum absolute atomic E-state index is 10.3. The van der Waals surface area contributed by atoms with Gasteiger partial charge in [0.05, 0.1) is 31.8 Å². The number of nitriles is 3. The number of aryl methyl sites for hydroxylation is 1. The summed E-state index contributed by atoms with van der Waals surface area (Å²) in [6.45, 7) is 9.70. The number of nitrogens with zero attached hydrogens (tertiary/aromatic N) is 8. The van der Waals surface area contributed by atoms with E-state index in [4.69, 9.17) is 27.5 Å². The van der Waals surface area contributed by atoms with Crippen LogP contribution in [0.4, 0.5) is 11.4 Å². The SMILES string of the molecule is CC1(C)CC(N=C=O)CC(C)(CN=C=O)C1.Cc1ccc(N=C=O)cc1OC#N.I.N#COCCCCCCN=C=O.N#COc1ccc(Cc2ccc(N=C=O)cc2)cc1.[2H]CI.[2H]CI.[2H]P(I)I.[2H][3H]. The zero-order valence-electron chi connectivity index (χ0n) is 42.8. The molecule has 0 N–H and O–H groups in total. The lowest BCUT2D eigenvalue weighted by Crippen LogP contribution is -2.39. The van der Waals surface area contributed by atoms with Crippen molar-refractivity contribution in [3.8, 4) is 30.3 Å². The number of alkyl halides is 2. The minimum Gasteiger partial charge on any atom is -0.428 e. The first-order valence-corrected chi connectivity index (χ1v) is 29.0. The van der Waals surface area contributed by atoms with Crippen molar-refractivity contribution in [3.05, 3.63) is 83.4 Å². The van der Waals surface area contributed by atoms with Gasteiger partial charge in [0.2, 0.25) is 30.4 Å². The van der Waals surface area contributed by atoms with Crippen molar-refractivity contribution in [2.45, 2.75) is 85.1 Å². The minimum atomic E-state index is -0.430. The number of unbranched alkanes of at least 4 members (excludes halogenated alkanes) is 3. The average molecular weight is 1520 g/mol. The second-order valence-electron chi connectivity index (χ2n) is 14.5. The summed E-state index contributed by atoms with van der Waals surface area (Å²) >= 11 is 8.03. The van der Waals surface area contributed by atoms with Gasteiger partial charge in [0.1, 0.15) is 18.1 Å². The molecule has 1 aliphatic carbocycles. The Hall–Kier alpha value is -3.49. The number of aliphatic imine (C=N–C) groups is 5. The van der Waals surface area contributed by atoms with Crippen LogP contribution in [-0.4, -0.2) is 67.2 Å². The van der Waals surface area contributed by atoms with E-state index in [9.17, 15) is 24.0 Å². The molecule has 4 rings (SSSR count). The predicted octanol–water partition coefficient (Wildman–Crippen LogP) is 13.9. The van der Waals surface area contributed by atoms with Gasteiger partial charge in [0.15, 0.2) is 0 Å². The topological polar surface area (TPSA) is 246 Å². The van der Waals surface area contributed by atoms with Crippen LogP contribution in [0.15, 0.2) is 91.7 Å². The number of benzene rings is 3. The van der Waals surface area contributed by atoms with Crippen LogP contribution >= 0.6 is 117 Å². The Morgan fingerprint density at radius 2 is 1.31 bits per heavy atom. The number of rotatable bonds is 16. The van der Waals surface area contributed by atoms with Crippen LogP contribution in [0.25, 0.3) is 0 Å². The van der Waals surface area contributed by atoms with Gasteiger partial charge < -0.3 is 14.2 Å². The minimum absolute atomic E-state index is 0. The third-order valence-corrected chi connectivity index (χ3v) is 8.69. The number of hydrogen-bond acceptors (Lipinski definition) is 16. The van der Waals surface area contributed by atoms with E-state index in [0.717, 1.165) is 68.1 Å². The summed E-state index contributed by atoms with van der Waals surface area (Å²) in [4.78, 5) is 69.0. The highest BCUT2D eigenvalue weighted by Crippen LogP contribution is 2.47. The lowest BCUT2D eigenvalue weighted by Gasteiger charge is -2.44. The molecule has 2 atom stereocenters.